The van der Waals surface area contributed by atoms with E-state index in [1.54, 1.807) is 13.8 Å². The summed E-state index contributed by atoms with van der Waals surface area (Å²) in [5.41, 5.74) is 7.41. The fourth-order valence-electron chi connectivity index (χ4n) is 3.79. The first kappa shape index (κ1) is 41.8. The summed E-state index contributed by atoms with van der Waals surface area (Å²) in [6.07, 6.45) is 5.47. The van der Waals surface area contributed by atoms with Crippen LogP contribution >= 0.6 is 0 Å². The number of rotatable bonds is 10. The Labute approximate surface area is 269 Å². The highest BCUT2D eigenvalue weighted by molar-refractivity contribution is 5.78. The summed E-state index contributed by atoms with van der Waals surface area (Å²) in [6, 6.07) is 40.7. The molecule has 0 N–H and O–H groups in total. The molecule has 0 aromatic heterocycles. The minimum atomic E-state index is 0. The van der Waals surface area contributed by atoms with Crippen LogP contribution in [0.25, 0.3) is 5.57 Å². The monoisotopic (exact) mass is 592 g/mol. The van der Waals surface area contributed by atoms with Crippen molar-refractivity contribution < 1.29 is 9.59 Å². The van der Waals surface area contributed by atoms with Crippen molar-refractivity contribution in [2.75, 3.05) is 0 Å². The third-order valence-corrected chi connectivity index (χ3v) is 6.08. The summed E-state index contributed by atoms with van der Waals surface area (Å²) >= 11 is 0. The maximum absolute atomic E-state index is 10.6. The standard InChI is InChI=1S/C11H14O.C11H14.C9H10O.C9H10.2CH4/c1-10(12)6-5-9-11-7-3-2-4-8-11;1-10(2)8-9-11-6-4-3-5-7-11;1-8(10)7-9-5-3-2-4-6-9;1-8(2)9-6-4-3-5-7-9;;/h2-4,7-8H,5-6,9H2,1H3;3-7H,1,8-9H2,2H3;2-6H,7H2,1H3;3-7H,1H2,2H3;2*1H4. The zero-order valence-corrected chi connectivity index (χ0v) is 26.0. The van der Waals surface area contributed by atoms with Gasteiger partial charge in [0.2, 0.25) is 0 Å². The van der Waals surface area contributed by atoms with Gasteiger partial charge in [0.05, 0.1) is 0 Å². The second-order valence-electron chi connectivity index (χ2n) is 10.5. The molecular formula is C42H56O2. The van der Waals surface area contributed by atoms with Crippen LogP contribution in [0.2, 0.25) is 0 Å². The quantitative estimate of drug-likeness (QED) is 0.172. The van der Waals surface area contributed by atoms with Crippen molar-refractivity contribution in [2.45, 2.75) is 81.1 Å². The molecule has 4 aromatic carbocycles. The van der Waals surface area contributed by atoms with E-state index in [0.29, 0.717) is 12.8 Å². The number of ketones is 2. The molecule has 0 heterocycles. The highest BCUT2D eigenvalue weighted by Gasteiger charge is 1.95. The molecule has 0 aliphatic rings. The first-order valence-corrected chi connectivity index (χ1v) is 14.6. The SMILES string of the molecule is C.C.C=C(C)CCc1ccccc1.C=C(C)c1ccccc1.CC(=O)CCCc1ccccc1.CC(=O)Cc1ccccc1. The fraction of sp³-hybridized carbons (Fsp3) is 0.286. The first-order valence-electron chi connectivity index (χ1n) is 14.6. The van der Waals surface area contributed by atoms with Gasteiger partial charge in [0.25, 0.3) is 0 Å². The van der Waals surface area contributed by atoms with E-state index in [2.05, 4.69) is 68.6 Å². The molecule has 0 aliphatic heterocycles. The highest BCUT2D eigenvalue weighted by Crippen LogP contribution is 2.09. The maximum Gasteiger partial charge on any atom is 0.134 e. The number of aryl methyl sites for hydroxylation is 2. The lowest BCUT2D eigenvalue weighted by Crippen LogP contribution is -1.94. The topological polar surface area (TPSA) is 34.1 Å². The van der Waals surface area contributed by atoms with Gasteiger partial charge in [-0.15, -0.1) is 6.58 Å². The summed E-state index contributed by atoms with van der Waals surface area (Å²) in [4.78, 5) is 21.2. The van der Waals surface area contributed by atoms with Gasteiger partial charge < -0.3 is 4.79 Å². The average Bonchev–Trinajstić information content (AvgIpc) is 2.99. The molecule has 2 heteroatoms. The Morgan fingerprint density at radius 3 is 1.23 bits per heavy atom. The molecule has 0 radical (unpaired) electrons. The summed E-state index contributed by atoms with van der Waals surface area (Å²) < 4.78 is 0. The van der Waals surface area contributed by atoms with Crippen molar-refractivity contribution in [3.8, 4) is 0 Å². The van der Waals surface area contributed by atoms with Gasteiger partial charge in [-0.25, -0.2) is 0 Å². The summed E-state index contributed by atoms with van der Waals surface area (Å²) in [6.45, 7) is 15.0. The lowest BCUT2D eigenvalue weighted by Gasteiger charge is -1.98. The van der Waals surface area contributed by atoms with E-state index in [4.69, 9.17) is 0 Å². The van der Waals surface area contributed by atoms with Crippen LogP contribution in [0.5, 0.6) is 0 Å². The molecule has 44 heavy (non-hydrogen) atoms. The summed E-state index contributed by atoms with van der Waals surface area (Å²) in [7, 11) is 0. The van der Waals surface area contributed by atoms with Gasteiger partial charge in [-0.05, 0) is 75.6 Å². The van der Waals surface area contributed by atoms with Gasteiger partial charge in [-0.1, -0.05) is 154 Å². The zero-order chi connectivity index (χ0) is 31.0. The van der Waals surface area contributed by atoms with Gasteiger partial charge >= 0.3 is 0 Å². The Balaban J connectivity index is 0. The van der Waals surface area contributed by atoms with E-state index in [0.717, 1.165) is 36.8 Å². The number of benzene rings is 4. The summed E-state index contributed by atoms with van der Waals surface area (Å²) in [5, 5.41) is 0. The van der Waals surface area contributed by atoms with Crippen molar-refractivity contribution in [3.05, 3.63) is 162 Å². The smallest absolute Gasteiger partial charge is 0.134 e. The predicted octanol–water partition coefficient (Wildman–Crippen LogP) is 11.6. The third kappa shape index (κ3) is 23.3. The number of carbonyl (C=O) groups is 2. The summed E-state index contributed by atoms with van der Waals surface area (Å²) in [5.74, 6) is 0.497. The van der Waals surface area contributed by atoms with Crippen LogP contribution in [0.15, 0.2) is 140 Å². The van der Waals surface area contributed by atoms with E-state index in [1.165, 1.54) is 22.3 Å². The molecule has 0 fully saturated rings. The van der Waals surface area contributed by atoms with Crippen LogP contribution in [-0.4, -0.2) is 11.6 Å². The number of Topliss-reactive ketones (excluding diaryl/α,β-unsaturated/α-hetero) is 2. The normalized spacial score (nSPS) is 9.00. The lowest BCUT2D eigenvalue weighted by molar-refractivity contribution is -0.117. The molecule has 4 rings (SSSR count). The van der Waals surface area contributed by atoms with E-state index in [1.807, 2.05) is 79.7 Å². The van der Waals surface area contributed by atoms with E-state index in [9.17, 15) is 9.59 Å². The molecule has 0 saturated carbocycles. The van der Waals surface area contributed by atoms with Gasteiger partial charge in [-0.2, -0.15) is 0 Å². The van der Waals surface area contributed by atoms with Crippen LogP contribution < -0.4 is 0 Å². The number of hydrogen-bond donors (Lipinski definition) is 0. The van der Waals surface area contributed by atoms with Crippen LogP contribution in [0.1, 0.15) is 84.1 Å². The Morgan fingerprint density at radius 2 is 0.886 bits per heavy atom. The highest BCUT2D eigenvalue weighted by atomic mass is 16.1. The fourth-order valence-corrected chi connectivity index (χ4v) is 3.79. The number of hydrogen-bond acceptors (Lipinski definition) is 2. The van der Waals surface area contributed by atoms with Crippen LogP contribution in [0, 0.1) is 0 Å². The minimum absolute atomic E-state index is 0. The lowest BCUT2D eigenvalue weighted by atomic mass is 10.1. The minimum Gasteiger partial charge on any atom is -0.300 e. The maximum atomic E-state index is 10.6. The molecule has 4 aromatic rings. The number of allylic oxidation sites excluding steroid dienone is 2. The Hall–Kier alpha value is -4.30. The average molecular weight is 593 g/mol. The molecular weight excluding hydrogens is 536 g/mol. The molecule has 0 unspecified atom stereocenters. The Bertz CT molecular complexity index is 1290. The molecule has 0 aliphatic carbocycles. The van der Waals surface area contributed by atoms with E-state index < -0.39 is 0 Å². The van der Waals surface area contributed by atoms with E-state index in [-0.39, 0.29) is 26.4 Å². The third-order valence-electron chi connectivity index (χ3n) is 6.08. The van der Waals surface area contributed by atoms with E-state index >= 15 is 0 Å². The largest absolute Gasteiger partial charge is 0.300 e. The molecule has 0 bridgehead atoms. The second kappa shape index (κ2) is 26.3. The van der Waals surface area contributed by atoms with Crippen LogP contribution in [0.4, 0.5) is 0 Å². The van der Waals surface area contributed by atoms with Crippen molar-refractivity contribution in [1.82, 2.24) is 0 Å². The zero-order valence-electron chi connectivity index (χ0n) is 26.0. The van der Waals surface area contributed by atoms with Crippen LogP contribution in [0.3, 0.4) is 0 Å². The van der Waals surface area contributed by atoms with Crippen molar-refractivity contribution in [1.29, 1.82) is 0 Å². The molecule has 0 amide bonds. The molecule has 0 spiro atoms. The molecule has 236 valence electrons. The molecule has 0 saturated heterocycles. The second-order valence-corrected chi connectivity index (χ2v) is 10.5. The van der Waals surface area contributed by atoms with Gasteiger partial charge in [-0.3, -0.25) is 4.79 Å². The number of carbonyl (C=O) groups excluding carboxylic acids is 2. The first-order chi connectivity index (χ1) is 20.2. The Morgan fingerprint density at radius 1 is 0.500 bits per heavy atom. The molecule has 2 nitrogen and oxygen atoms in total. The van der Waals surface area contributed by atoms with Crippen molar-refractivity contribution >= 4 is 17.1 Å². The van der Waals surface area contributed by atoms with Crippen molar-refractivity contribution in [2.24, 2.45) is 0 Å². The van der Waals surface area contributed by atoms with Gasteiger partial charge in [0, 0.05) is 12.8 Å². The predicted molar refractivity (Wildman–Crippen MR) is 195 cm³/mol. The Kier molecular flexibility index (Phi) is 25.0. The molecule has 0 atom stereocenters. The van der Waals surface area contributed by atoms with Gasteiger partial charge in [0.15, 0.2) is 0 Å². The van der Waals surface area contributed by atoms with Gasteiger partial charge in [0.1, 0.15) is 11.6 Å². The van der Waals surface area contributed by atoms with Crippen molar-refractivity contribution in [3.63, 3.8) is 0 Å². The van der Waals surface area contributed by atoms with Crippen LogP contribution in [-0.2, 0) is 28.9 Å².